The molecule has 30 heavy (non-hydrogen) atoms. The molecule has 3 N–H and O–H groups in total. The van der Waals surface area contributed by atoms with E-state index in [4.69, 9.17) is 0 Å². The van der Waals surface area contributed by atoms with Crippen molar-refractivity contribution in [3.63, 3.8) is 0 Å². The van der Waals surface area contributed by atoms with E-state index in [0.717, 1.165) is 47.8 Å². The Balaban J connectivity index is 1.50. The summed E-state index contributed by atoms with van der Waals surface area (Å²) >= 11 is 0. The van der Waals surface area contributed by atoms with Crippen LogP contribution in [0.5, 0.6) is 0 Å². The lowest BCUT2D eigenvalue weighted by Gasteiger charge is -2.26. The van der Waals surface area contributed by atoms with Gasteiger partial charge < -0.3 is 15.6 Å². The molecular weight excluding hydrogens is 374 g/mol. The number of nitrogens with zero attached hydrogens (tertiary/aromatic N) is 2. The first kappa shape index (κ1) is 20.3. The van der Waals surface area contributed by atoms with Crippen molar-refractivity contribution in [2.45, 2.75) is 19.8 Å². The monoisotopic (exact) mass is 403 g/mol. The van der Waals surface area contributed by atoms with Crippen molar-refractivity contribution in [2.75, 3.05) is 32.5 Å². The molecule has 6 heteroatoms. The van der Waals surface area contributed by atoms with Gasteiger partial charge in [0.25, 0.3) is 0 Å². The average molecular weight is 404 g/mol. The normalized spacial score (nSPS) is 19.0. The molecule has 2 heterocycles. The average Bonchev–Trinajstić information content (AvgIpc) is 2.78. The zero-order valence-corrected chi connectivity index (χ0v) is 17.8. The maximum absolute atomic E-state index is 12.8. The van der Waals surface area contributed by atoms with Crippen LogP contribution in [0.3, 0.4) is 0 Å². The lowest BCUT2D eigenvalue weighted by molar-refractivity contribution is -0.118. The molecule has 1 amide bonds. The molecule has 156 valence electrons. The lowest BCUT2D eigenvalue weighted by Crippen LogP contribution is -2.30. The molecule has 1 aliphatic carbocycles. The van der Waals surface area contributed by atoms with Gasteiger partial charge in [0.1, 0.15) is 5.82 Å². The molecule has 2 aliphatic rings. The van der Waals surface area contributed by atoms with Crippen molar-refractivity contribution in [2.24, 2.45) is 5.92 Å². The highest BCUT2D eigenvalue weighted by molar-refractivity contribution is 5.96. The summed E-state index contributed by atoms with van der Waals surface area (Å²) in [5.74, 6) is 0.446. The van der Waals surface area contributed by atoms with Gasteiger partial charge in [0.15, 0.2) is 0 Å². The molecular formula is C24H29N5O. The Morgan fingerprint density at radius 3 is 3.00 bits per heavy atom. The second-order valence-electron chi connectivity index (χ2n) is 7.99. The molecule has 1 atom stereocenters. The van der Waals surface area contributed by atoms with Gasteiger partial charge in [-0.2, -0.15) is 0 Å². The van der Waals surface area contributed by atoms with E-state index < -0.39 is 0 Å². The first-order chi connectivity index (χ1) is 14.5. The molecule has 0 radical (unpaired) electrons. The molecule has 0 fully saturated rings. The minimum Gasteiger partial charge on any atom is -0.319 e. The second-order valence-corrected chi connectivity index (χ2v) is 7.99. The number of hydrogen-bond acceptors (Lipinski definition) is 5. The van der Waals surface area contributed by atoms with Gasteiger partial charge in [0.2, 0.25) is 5.91 Å². The summed E-state index contributed by atoms with van der Waals surface area (Å²) < 4.78 is 0. The number of fused-ring (bicyclic) bond motifs is 1. The predicted octanol–water partition coefficient (Wildman–Crippen LogP) is 3.47. The van der Waals surface area contributed by atoms with Crippen LogP contribution in [0.15, 0.2) is 60.0 Å². The van der Waals surface area contributed by atoms with Crippen molar-refractivity contribution in [3.8, 4) is 0 Å². The third kappa shape index (κ3) is 4.45. The number of benzene rings is 1. The van der Waals surface area contributed by atoms with Gasteiger partial charge in [0, 0.05) is 38.4 Å². The highest BCUT2D eigenvalue weighted by Crippen LogP contribution is 2.28. The molecule has 0 spiro atoms. The van der Waals surface area contributed by atoms with Crippen LogP contribution in [0.25, 0.3) is 16.3 Å². The number of carbonyl (C=O) groups is 1. The second kappa shape index (κ2) is 8.81. The number of amides is 1. The molecule has 4 rings (SSSR count). The summed E-state index contributed by atoms with van der Waals surface area (Å²) in [6.07, 6.45) is 9.85. The van der Waals surface area contributed by atoms with Crippen LogP contribution in [0.1, 0.15) is 25.3 Å². The topological polar surface area (TPSA) is 69.3 Å². The minimum absolute atomic E-state index is 0.00176. The van der Waals surface area contributed by atoms with E-state index in [1.165, 1.54) is 11.1 Å². The van der Waals surface area contributed by atoms with Crippen molar-refractivity contribution in [3.05, 3.63) is 65.5 Å². The highest BCUT2D eigenvalue weighted by Gasteiger charge is 2.24. The van der Waals surface area contributed by atoms with Crippen LogP contribution in [-0.4, -0.2) is 43.1 Å². The van der Waals surface area contributed by atoms with Crippen LogP contribution < -0.4 is 16.1 Å². The molecule has 1 aromatic carbocycles. The number of anilines is 1. The predicted molar refractivity (Wildman–Crippen MR) is 123 cm³/mol. The van der Waals surface area contributed by atoms with Crippen LogP contribution in [0, 0.1) is 5.92 Å². The summed E-state index contributed by atoms with van der Waals surface area (Å²) in [7, 11) is 3.85. The Kier molecular flexibility index (Phi) is 5.97. The summed E-state index contributed by atoms with van der Waals surface area (Å²) in [6, 6.07) is 8.24. The molecule has 1 aromatic heterocycles. The number of aromatic nitrogens is 1. The van der Waals surface area contributed by atoms with E-state index in [9.17, 15) is 4.79 Å². The Hall–Kier alpha value is -2.96. The molecule has 0 saturated carbocycles. The first-order valence-corrected chi connectivity index (χ1v) is 10.4. The van der Waals surface area contributed by atoms with Gasteiger partial charge in [-0.15, -0.1) is 0 Å². The molecule has 0 saturated heterocycles. The summed E-state index contributed by atoms with van der Waals surface area (Å²) in [5.41, 5.74) is 8.09. The molecule has 0 bridgehead atoms. The number of hydrazine groups is 1. The Morgan fingerprint density at radius 2 is 2.17 bits per heavy atom. The maximum atomic E-state index is 12.8. The quantitative estimate of drug-likeness (QED) is 0.667. The summed E-state index contributed by atoms with van der Waals surface area (Å²) in [4.78, 5) is 17.3. The van der Waals surface area contributed by atoms with Crippen LogP contribution >= 0.6 is 0 Å². The van der Waals surface area contributed by atoms with Crippen LogP contribution in [-0.2, 0) is 4.79 Å². The molecule has 2 aromatic rings. The molecule has 6 nitrogen and oxygen atoms in total. The van der Waals surface area contributed by atoms with Crippen LogP contribution in [0.2, 0.25) is 0 Å². The number of carbonyl (C=O) groups excluding carboxylic acids is 1. The zero-order chi connectivity index (χ0) is 21.1. The van der Waals surface area contributed by atoms with Crippen molar-refractivity contribution >= 4 is 28.1 Å². The fourth-order valence-corrected chi connectivity index (χ4v) is 4.01. The van der Waals surface area contributed by atoms with E-state index in [-0.39, 0.29) is 11.8 Å². The standard InChI is InChI=1S/C24H29N5O/c1-16(15-29(3)25-2)18-5-7-20-14-27-23(12-21(20)10-18)28-24(30)19-6-4-17-8-9-26-13-22(17)11-19/h4-7,10,12,14-15,19,25-26H,8-9,11,13H2,1-3H3,(H,27,28,30)/b16-15+. The Morgan fingerprint density at radius 1 is 1.30 bits per heavy atom. The molecule has 1 aliphatic heterocycles. The van der Waals surface area contributed by atoms with Gasteiger partial charge in [-0.1, -0.05) is 29.9 Å². The van der Waals surface area contributed by atoms with Crippen molar-refractivity contribution in [1.82, 2.24) is 20.7 Å². The smallest absolute Gasteiger partial charge is 0.232 e. The van der Waals surface area contributed by atoms with E-state index >= 15 is 0 Å². The third-order valence-corrected chi connectivity index (χ3v) is 5.86. The van der Waals surface area contributed by atoms with E-state index in [0.29, 0.717) is 5.82 Å². The zero-order valence-electron chi connectivity index (χ0n) is 17.8. The number of allylic oxidation sites excluding steroid dienone is 2. The van der Waals surface area contributed by atoms with Crippen molar-refractivity contribution in [1.29, 1.82) is 0 Å². The summed E-state index contributed by atoms with van der Waals surface area (Å²) in [5, 5.41) is 10.4. The first-order valence-electron chi connectivity index (χ1n) is 10.4. The van der Waals surface area contributed by atoms with Crippen molar-refractivity contribution < 1.29 is 4.79 Å². The number of rotatable bonds is 5. The van der Waals surface area contributed by atoms with E-state index in [2.05, 4.69) is 52.2 Å². The number of pyridine rings is 1. The van der Waals surface area contributed by atoms with Gasteiger partial charge in [0.05, 0.1) is 5.92 Å². The minimum atomic E-state index is -0.144. The third-order valence-electron chi connectivity index (χ3n) is 5.86. The SMILES string of the molecule is CNN(C)/C=C(\C)c1ccc2cnc(NC(=O)C3C=CC4=C(CNCC4)C3)cc2c1. The number of nitrogens with one attached hydrogen (secondary N) is 3. The van der Waals surface area contributed by atoms with Gasteiger partial charge in [-0.25, -0.2) is 10.4 Å². The number of hydrogen-bond donors (Lipinski definition) is 3. The fraction of sp³-hybridized carbons (Fsp3) is 0.333. The Bertz CT molecular complexity index is 1050. The van der Waals surface area contributed by atoms with Gasteiger partial charge >= 0.3 is 0 Å². The lowest BCUT2D eigenvalue weighted by atomic mass is 9.86. The maximum Gasteiger partial charge on any atom is 0.232 e. The van der Waals surface area contributed by atoms with Gasteiger partial charge in [-0.3, -0.25) is 4.79 Å². The fourth-order valence-electron chi connectivity index (χ4n) is 4.01. The van der Waals surface area contributed by atoms with Gasteiger partial charge in [-0.05, 0) is 60.5 Å². The van der Waals surface area contributed by atoms with E-state index in [1.807, 2.05) is 43.6 Å². The summed E-state index contributed by atoms with van der Waals surface area (Å²) in [6.45, 7) is 3.98. The largest absolute Gasteiger partial charge is 0.319 e. The van der Waals surface area contributed by atoms with E-state index in [1.54, 1.807) is 0 Å². The molecule has 1 unspecified atom stereocenters. The Labute approximate surface area is 177 Å². The van der Waals surface area contributed by atoms with Crippen LogP contribution in [0.4, 0.5) is 5.82 Å². The highest BCUT2D eigenvalue weighted by atomic mass is 16.1.